The van der Waals surface area contributed by atoms with Crippen molar-refractivity contribution in [3.8, 4) is 5.75 Å². The lowest BCUT2D eigenvalue weighted by atomic mass is 10.0. The summed E-state index contributed by atoms with van der Waals surface area (Å²) in [6.07, 6.45) is 1.71. The fraction of sp³-hybridized carbons (Fsp3) is 0.318. The molecule has 2 heterocycles. The molecule has 2 aromatic carbocycles. The van der Waals surface area contributed by atoms with Crippen LogP contribution in [0.2, 0.25) is 0 Å². The summed E-state index contributed by atoms with van der Waals surface area (Å²) in [6, 6.07) is 14.4. The SMILES string of the molecule is Cc1cccc2cc(CO)c(N3CCC(Oc4cccc(F)c4)CC3)nc12. The highest BCUT2D eigenvalue weighted by Gasteiger charge is 2.23. The number of hydrogen-bond acceptors (Lipinski definition) is 4. The molecule has 140 valence electrons. The number of fused-ring (bicyclic) bond motifs is 1. The number of para-hydroxylation sites is 1. The first-order valence-electron chi connectivity index (χ1n) is 9.31. The smallest absolute Gasteiger partial charge is 0.134 e. The maximum absolute atomic E-state index is 13.3. The zero-order valence-electron chi connectivity index (χ0n) is 15.4. The Morgan fingerprint density at radius 3 is 2.67 bits per heavy atom. The van der Waals surface area contributed by atoms with Crippen molar-refractivity contribution < 1.29 is 14.2 Å². The van der Waals surface area contributed by atoms with E-state index in [-0.39, 0.29) is 18.5 Å². The average Bonchev–Trinajstić information content (AvgIpc) is 2.68. The number of nitrogens with zero attached hydrogens (tertiary/aromatic N) is 2. The molecule has 0 aliphatic carbocycles. The molecule has 0 radical (unpaired) electrons. The average molecular weight is 366 g/mol. The van der Waals surface area contributed by atoms with Crippen LogP contribution < -0.4 is 9.64 Å². The van der Waals surface area contributed by atoms with E-state index in [9.17, 15) is 9.50 Å². The van der Waals surface area contributed by atoms with Crippen molar-refractivity contribution in [1.82, 2.24) is 4.98 Å². The summed E-state index contributed by atoms with van der Waals surface area (Å²) in [4.78, 5) is 7.08. The van der Waals surface area contributed by atoms with Gasteiger partial charge in [-0.05, 0) is 30.7 Å². The number of benzene rings is 2. The number of rotatable bonds is 4. The van der Waals surface area contributed by atoms with Crippen LogP contribution in [-0.2, 0) is 6.61 Å². The molecule has 0 unspecified atom stereocenters. The summed E-state index contributed by atoms with van der Waals surface area (Å²) in [5, 5.41) is 10.9. The molecule has 0 atom stereocenters. The molecule has 1 fully saturated rings. The van der Waals surface area contributed by atoms with Crippen LogP contribution in [0.25, 0.3) is 10.9 Å². The van der Waals surface area contributed by atoms with E-state index in [1.165, 1.54) is 12.1 Å². The van der Waals surface area contributed by atoms with Crippen LogP contribution in [0.15, 0.2) is 48.5 Å². The molecule has 4 nitrogen and oxygen atoms in total. The van der Waals surface area contributed by atoms with Gasteiger partial charge in [-0.15, -0.1) is 0 Å². The van der Waals surface area contributed by atoms with E-state index in [0.717, 1.165) is 53.8 Å². The minimum absolute atomic E-state index is 0.0358. The molecule has 3 aromatic rings. The minimum atomic E-state index is -0.284. The van der Waals surface area contributed by atoms with Gasteiger partial charge in [0.25, 0.3) is 0 Å². The first-order chi connectivity index (χ1) is 13.1. The number of ether oxygens (including phenoxy) is 1. The van der Waals surface area contributed by atoms with Crippen LogP contribution in [-0.4, -0.2) is 29.3 Å². The third-order valence-electron chi connectivity index (χ3n) is 5.11. The van der Waals surface area contributed by atoms with Gasteiger partial charge in [0.05, 0.1) is 12.1 Å². The molecular weight excluding hydrogens is 343 g/mol. The van der Waals surface area contributed by atoms with Gasteiger partial charge >= 0.3 is 0 Å². The predicted octanol–water partition coefficient (Wildman–Crippen LogP) is 4.22. The molecule has 1 aliphatic heterocycles. The summed E-state index contributed by atoms with van der Waals surface area (Å²) in [5.74, 6) is 1.14. The van der Waals surface area contributed by atoms with Crippen LogP contribution in [0.3, 0.4) is 0 Å². The minimum Gasteiger partial charge on any atom is -0.490 e. The molecule has 0 saturated carbocycles. The van der Waals surface area contributed by atoms with E-state index in [2.05, 4.69) is 17.9 Å². The molecule has 1 N–H and O–H groups in total. The first kappa shape index (κ1) is 17.7. The number of aliphatic hydroxyl groups is 1. The number of aliphatic hydroxyl groups excluding tert-OH is 1. The second-order valence-corrected chi connectivity index (χ2v) is 7.04. The molecule has 1 aromatic heterocycles. The van der Waals surface area contributed by atoms with Crippen molar-refractivity contribution in [3.05, 3.63) is 65.5 Å². The quantitative estimate of drug-likeness (QED) is 0.751. The van der Waals surface area contributed by atoms with Gasteiger partial charge in [0.2, 0.25) is 0 Å². The van der Waals surface area contributed by atoms with Crippen molar-refractivity contribution >= 4 is 16.7 Å². The van der Waals surface area contributed by atoms with Crippen molar-refractivity contribution in [2.24, 2.45) is 0 Å². The summed E-state index contributed by atoms with van der Waals surface area (Å²) >= 11 is 0. The number of aromatic nitrogens is 1. The zero-order chi connectivity index (χ0) is 18.8. The maximum Gasteiger partial charge on any atom is 0.134 e. The highest BCUT2D eigenvalue weighted by Crippen LogP contribution is 2.29. The lowest BCUT2D eigenvalue weighted by Crippen LogP contribution is -2.39. The number of pyridine rings is 1. The molecule has 5 heteroatoms. The molecule has 0 amide bonds. The Morgan fingerprint density at radius 1 is 1.15 bits per heavy atom. The molecule has 0 bridgehead atoms. The molecule has 27 heavy (non-hydrogen) atoms. The molecule has 4 rings (SSSR count). The monoisotopic (exact) mass is 366 g/mol. The topological polar surface area (TPSA) is 45.6 Å². The lowest BCUT2D eigenvalue weighted by molar-refractivity contribution is 0.170. The summed E-state index contributed by atoms with van der Waals surface area (Å²) in [5.41, 5.74) is 2.95. The van der Waals surface area contributed by atoms with E-state index in [1.807, 2.05) is 18.2 Å². The van der Waals surface area contributed by atoms with Crippen LogP contribution in [0.1, 0.15) is 24.0 Å². The second kappa shape index (κ2) is 7.53. The number of aryl methyl sites for hydroxylation is 1. The van der Waals surface area contributed by atoms with E-state index in [4.69, 9.17) is 9.72 Å². The van der Waals surface area contributed by atoms with Crippen LogP contribution in [0.4, 0.5) is 10.2 Å². The highest BCUT2D eigenvalue weighted by atomic mass is 19.1. The number of hydrogen-bond donors (Lipinski definition) is 1. The summed E-state index contributed by atoms with van der Waals surface area (Å²) in [6.45, 7) is 3.59. The Bertz CT molecular complexity index is 952. The summed E-state index contributed by atoms with van der Waals surface area (Å²) < 4.78 is 19.3. The predicted molar refractivity (Wildman–Crippen MR) is 105 cm³/mol. The Hall–Kier alpha value is -2.66. The number of piperidine rings is 1. The number of halogens is 1. The Balaban J connectivity index is 1.51. The standard InChI is InChI=1S/C22H23FN2O2/c1-15-4-2-5-16-12-17(14-26)22(24-21(15)16)25-10-8-19(9-11-25)27-20-7-3-6-18(23)13-20/h2-7,12-13,19,26H,8-11,14H2,1H3. The Labute approximate surface area is 158 Å². The van der Waals surface area contributed by atoms with E-state index >= 15 is 0 Å². The first-order valence-corrected chi connectivity index (χ1v) is 9.31. The van der Waals surface area contributed by atoms with E-state index in [1.54, 1.807) is 12.1 Å². The fourth-order valence-corrected chi connectivity index (χ4v) is 3.69. The van der Waals surface area contributed by atoms with Gasteiger partial charge in [0.1, 0.15) is 23.5 Å². The van der Waals surface area contributed by atoms with Crippen LogP contribution >= 0.6 is 0 Å². The van der Waals surface area contributed by atoms with E-state index < -0.39 is 0 Å². The Kier molecular flexibility index (Phi) is 4.94. The third-order valence-corrected chi connectivity index (χ3v) is 5.11. The van der Waals surface area contributed by atoms with Gasteiger partial charge in [-0.1, -0.05) is 24.3 Å². The normalized spacial score (nSPS) is 15.3. The summed E-state index contributed by atoms with van der Waals surface area (Å²) in [7, 11) is 0. The Morgan fingerprint density at radius 2 is 1.93 bits per heavy atom. The molecule has 1 saturated heterocycles. The second-order valence-electron chi connectivity index (χ2n) is 7.04. The molecule has 1 aliphatic rings. The highest BCUT2D eigenvalue weighted by molar-refractivity contribution is 5.84. The van der Waals surface area contributed by atoms with Gasteiger partial charge in [-0.3, -0.25) is 0 Å². The number of anilines is 1. The van der Waals surface area contributed by atoms with Gasteiger partial charge in [0, 0.05) is 42.9 Å². The van der Waals surface area contributed by atoms with Gasteiger partial charge < -0.3 is 14.7 Å². The zero-order valence-corrected chi connectivity index (χ0v) is 15.4. The van der Waals surface area contributed by atoms with Crippen molar-refractivity contribution in [3.63, 3.8) is 0 Å². The molecular formula is C22H23FN2O2. The third kappa shape index (κ3) is 3.74. The van der Waals surface area contributed by atoms with Crippen molar-refractivity contribution in [2.45, 2.75) is 32.5 Å². The van der Waals surface area contributed by atoms with Gasteiger partial charge in [-0.2, -0.15) is 0 Å². The van der Waals surface area contributed by atoms with Crippen molar-refractivity contribution in [2.75, 3.05) is 18.0 Å². The fourth-order valence-electron chi connectivity index (χ4n) is 3.69. The lowest BCUT2D eigenvalue weighted by Gasteiger charge is -2.34. The van der Waals surface area contributed by atoms with Crippen LogP contribution in [0, 0.1) is 12.7 Å². The van der Waals surface area contributed by atoms with E-state index in [0.29, 0.717) is 5.75 Å². The van der Waals surface area contributed by atoms with Gasteiger partial charge in [0.15, 0.2) is 0 Å². The molecule has 0 spiro atoms. The maximum atomic E-state index is 13.3. The van der Waals surface area contributed by atoms with Crippen LogP contribution in [0.5, 0.6) is 5.75 Å². The van der Waals surface area contributed by atoms with Gasteiger partial charge in [-0.25, -0.2) is 9.37 Å². The largest absolute Gasteiger partial charge is 0.490 e. The van der Waals surface area contributed by atoms with Crippen molar-refractivity contribution in [1.29, 1.82) is 0 Å².